The number of amides is 1. The van der Waals surface area contributed by atoms with Crippen LogP contribution in [0.1, 0.15) is 18.1 Å². The van der Waals surface area contributed by atoms with Gasteiger partial charge in [-0.25, -0.2) is 0 Å². The first-order valence-corrected chi connectivity index (χ1v) is 7.82. The van der Waals surface area contributed by atoms with Crippen molar-refractivity contribution < 1.29 is 14.3 Å². The minimum atomic E-state index is -0.219. The Bertz CT molecular complexity index is 673. The molecule has 0 unspecified atom stereocenters. The van der Waals surface area contributed by atoms with Crippen LogP contribution in [0.4, 0.5) is 5.69 Å². The van der Waals surface area contributed by atoms with Crippen LogP contribution in [0.15, 0.2) is 42.5 Å². The Kier molecular flexibility index (Phi) is 6.44. The lowest BCUT2D eigenvalue weighted by atomic mass is 10.2. The zero-order valence-electron chi connectivity index (χ0n) is 13.3. The normalized spacial score (nSPS) is 10.4. The predicted molar refractivity (Wildman–Crippen MR) is 92.1 cm³/mol. The maximum atomic E-state index is 12.1. The molecule has 0 bridgehead atoms. The summed E-state index contributed by atoms with van der Waals surface area (Å²) < 4.78 is 10.9. The fourth-order valence-electron chi connectivity index (χ4n) is 2.08. The lowest BCUT2D eigenvalue weighted by molar-refractivity contribution is -0.118. The van der Waals surface area contributed by atoms with Gasteiger partial charge in [-0.1, -0.05) is 29.8 Å². The fraction of sp³-hybridized carbons (Fsp3) is 0.278. The van der Waals surface area contributed by atoms with E-state index in [0.717, 1.165) is 16.8 Å². The van der Waals surface area contributed by atoms with Crippen LogP contribution in [0.3, 0.4) is 0 Å². The Morgan fingerprint density at radius 1 is 1.22 bits per heavy atom. The highest BCUT2D eigenvalue weighted by molar-refractivity contribution is 6.30. The number of carbonyl (C=O) groups is 1. The third-order valence-corrected chi connectivity index (χ3v) is 3.48. The van der Waals surface area contributed by atoms with Crippen LogP contribution in [0.2, 0.25) is 5.02 Å². The SMILES string of the molecule is CCOCc1ccccc1NC(=O)COc1ccc(Cl)cc1C. The molecular weight excluding hydrogens is 314 g/mol. The molecule has 0 aliphatic rings. The molecule has 0 saturated carbocycles. The second-order valence-corrected chi connectivity index (χ2v) is 5.48. The molecule has 0 aliphatic heterocycles. The van der Waals surface area contributed by atoms with Crippen molar-refractivity contribution in [2.45, 2.75) is 20.5 Å². The topological polar surface area (TPSA) is 47.6 Å². The largest absolute Gasteiger partial charge is 0.483 e. The van der Waals surface area contributed by atoms with Gasteiger partial charge in [0.15, 0.2) is 6.61 Å². The monoisotopic (exact) mass is 333 g/mol. The van der Waals surface area contributed by atoms with Gasteiger partial charge in [0.1, 0.15) is 5.75 Å². The van der Waals surface area contributed by atoms with E-state index in [1.54, 1.807) is 18.2 Å². The average Bonchev–Trinajstić information content (AvgIpc) is 2.53. The maximum absolute atomic E-state index is 12.1. The first-order valence-electron chi connectivity index (χ1n) is 7.44. The van der Waals surface area contributed by atoms with Crippen molar-refractivity contribution in [2.75, 3.05) is 18.5 Å². The summed E-state index contributed by atoms with van der Waals surface area (Å²) in [4.78, 5) is 12.1. The molecule has 2 rings (SSSR count). The molecule has 0 aromatic heterocycles. The number of nitrogens with one attached hydrogen (secondary N) is 1. The van der Waals surface area contributed by atoms with Crippen LogP contribution in [0.5, 0.6) is 5.75 Å². The van der Waals surface area contributed by atoms with Crippen molar-refractivity contribution in [2.24, 2.45) is 0 Å². The van der Waals surface area contributed by atoms with Crippen LogP contribution >= 0.6 is 11.6 Å². The van der Waals surface area contributed by atoms with Crippen molar-refractivity contribution in [3.05, 3.63) is 58.6 Å². The smallest absolute Gasteiger partial charge is 0.262 e. The van der Waals surface area contributed by atoms with E-state index < -0.39 is 0 Å². The summed E-state index contributed by atoms with van der Waals surface area (Å²) in [5, 5.41) is 3.49. The molecule has 0 fully saturated rings. The molecule has 0 spiro atoms. The van der Waals surface area contributed by atoms with Gasteiger partial charge >= 0.3 is 0 Å². The summed E-state index contributed by atoms with van der Waals surface area (Å²) >= 11 is 5.90. The van der Waals surface area contributed by atoms with Gasteiger partial charge in [-0.2, -0.15) is 0 Å². The quantitative estimate of drug-likeness (QED) is 0.826. The molecule has 23 heavy (non-hydrogen) atoms. The number of halogens is 1. The minimum absolute atomic E-state index is 0.0640. The lowest BCUT2D eigenvalue weighted by Gasteiger charge is -2.12. The van der Waals surface area contributed by atoms with Crippen molar-refractivity contribution >= 4 is 23.2 Å². The van der Waals surface area contributed by atoms with Gasteiger partial charge in [0.25, 0.3) is 5.91 Å². The van der Waals surface area contributed by atoms with Crippen LogP contribution in [-0.4, -0.2) is 19.1 Å². The van der Waals surface area contributed by atoms with E-state index in [4.69, 9.17) is 21.1 Å². The number of hydrogen-bond donors (Lipinski definition) is 1. The van der Waals surface area contributed by atoms with E-state index in [1.807, 2.05) is 38.1 Å². The van der Waals surface area contributed by atoms with E-state index >= 15 is 0 Å². The number of anilines is 1. The second-order valence-electron chi connectivity index (χ2n) is 5.04. The van der Waals surface area contributed by atoms with Gasteiger partial charge in [0.05, 0.1) is 6.61 Å². The molecule has 1 amide bonds. The molecule has 0 atom stereocenters. The molecule has 0 radical (unpaired) electrons. The molecule has 2 aromatic rings. The van der Waals surface area contributed by atoms with Crippen LogP contribution in [0, 0.1) is 6.92 Å². The van der Waals surface area contributed by atoms with Gasteiger partial charge < -0.3 is 14.8 Å². The summed E-state index contributed by atoms with van der Waals surface area (Å²) in [6, 6.07) is 12.8. The molecule has 0 heterocycles. The number of ether oxygens (including phenoxy) is 2. The Morgan fingerprint density at radius 3 is 2.74 bits per heavy atom. The third-order valence-electron chi connectivity index (χ3n) is 3.25. The van der Waals surface area contributed by atoms with E-state index in [-0.39, 0.29) is 12.5 Å². The molecule has 0 saturated heterocycles. The summed E-state index contributed by atoms with van der Waals surface area (Å²) in [6.45, 7) is 4.84. The van der Waals surface area contributed by atoms with Gasteiger partial charge in [0.2, 0.25) is 0 Å². The summed E-state index contributed by atoms with van der Waals surface area (Å²) in [5.41, 5.74) is 2.56. The average molecular weight is 334 g/mol. The predicted octanol–water partition coefficient (Wildman–Crippen LogP) is 4.20. The minimum Gasteiger partial charge on any atom is -0.483 e. The number of hydrogen-bond acceptors (Lipinski definition) is 3. The first kappa shape index (κ1) is 17.3. The highest BCUT2D eigenvalue weighted by atomic mass is 35.5. The van der Waals surface area contributed by atoms with Gasteiger partial charge in [-0.15, -0.1) is 0 Å². The van der Waals surface area contributed by atoms with Crippen LogP contribution in [0.25, 0.3) is 0 Å². The van der Waals surface area contributed by atoms with Gasteiger partial charge in [0, 0.05) is 22.9 Å². The Labute approximate surface area is 141 Å². The van der Waals surface area contributed by atoms with Crippen molar-refractivity contribution in [3.8, 4) is 5.75 Å². The molecule has 122 valence electrons. The lowest BCUT2D eigenvalue weighted by Crippen LogP contribution is -2.21. The standard InChI is InChI=1S/C18H20ClNO3/c1-3-22-11-14-6-4-5-7-16(14)20-18(21)12-23-17-9-8-15(19)10-13(17)2/h4-10H,3,11-12H2,1-2H3,(H,20,21). The number of rotatable bonds is 7. The van der Waals surface area contributed by atoms with Gasteiger partial charge in [-0.3, -0.25) is 4.79 Å². The highest BCUT2D eigenvalue weighted by Gasteiger charge is 2.08. The second kappa shape index (κ2) is 8.56. The number of para-hydroxylation sites is 1. The van der Waals surface area contributed by atoms with Crippen molar-refractivity contribution in [3.63, 3.8) is 0 Å². The molecule has 5 heteroatoms. The van der Waals surface area contributed by atoms with Gasteiger partial charge in [-0.05, 0) is 43.7 Å². The maximum Gasteiger partial charge on any atom is 0.262 e. The summed E-state index contributed by atoms with van der Waals surface area (Å²) in [5.74, 6) is 0.426. The third kappa shape index (κ3) is 5.27. The Morgan fingerprint density at radius 2 is 2.00 bits per heavy atom. The summed E-state index contributed by atoms with van der Waals surface area (Å²) in [7, 11) is 0. The first-order chi connectivity index (χ1) is 11.1. The number of benzene rings is 2. The Balaban J connectivity index is 1.94. The summed E-state index contributed by atoms with van der Waals surface area (Å²) in [6.07, 6.45) is 0. The van der Waals surface area contributed by atoms with Crippen LogP contribution < -0.4 is 10.1 Å². The van der Waals surface area contributed by atoms with E-state index in [9.17, 15) is 4.79 Å². The van der Waals surface area contributed by atoms with Crippen molar-refractivity contribution in [1.29, 1.82) is 0 Å². The fourth-order valence-corrected chi connectivity index (χ4v) is 2.31. The molecule has 1 N–H and O–H groups in total. The van der Waals surface area contributed by atoms with Crippen LogP contribution in [-0.2, 0) is 16.1 Å². The van der Waals surface area contributed by atoms with E-state index in [2.05, 4.69) is 5.32 Å². The van der Waals surface area contributed by atoms with Crippen molar-refractivity contribution in [1.82, 2.24) is 0 Å². The van der Waals surface area contributed by atoms with E-state index in [1.165, 1.54) is 0 Å². The molecule has 4 nitrogen and oxygen atoms in total. The number of aryl methyl sites for hydroxylation is 1. The highest BCUT2D eigenvalue weighted by Crippen LogP contribution is 2.22. The number of carbonyl (C=O) groups excluding carboxylic acids is 1. The molecule has 2 aromatic carbocycles. The molecule has 0 aliphatic carbocycles. The Hall–Kier alpha value is -2.04. The zero-order valence-corrected chi connectivity index (χ0v) is 14.0. The molecular formula is C18H20ClNO3. The zero-order chi connectivity index (χ0) is 16.7. The van der Waals surface area contributed by atoms with E-state index in [0.29, 0.717) is 24.0 Å².